The van der Waals surface area contributed by atoms with Crippen molar-refractivity contribution in [1.82, 2.24) is 5.32 Å². The van der Waals surface area contributed by atoms with Gasteiger partial charge < -0.3 is 47.9 Å². The van der Waals surface area contributed by atoms with Gasteiger partial charge >= 0.3 is 30.2 Å². The molecule has 1 aromatic carbocycles. The van der Waals surface area contributed by atoms with Crippen molar-refractivity contribution in [1.29, 1.82) is 0 Å². The van der Waals surface area contributed by atoms with Gasteiger partial charge in [0.2, 0.25) is 12.5 Å². The molecular formula is C24H29NO14. The molecule has 214 valence electrons. The Morgan fingerprint density at radius 1 is 0.769 bits per heavy atom. The molecular weight excluding hydrogens is 526 g/mol. The molecule has 15 heteroatoms. The fourth-order valence-corrected chi connectivity index (χ4v) is 4.58. The Morgan fingerprint density at radius 3 is 1.90 bits per heavy atom. The molecule has 0 radical (unpaired) electrons. The van der Waals surface area contributed by atoms with Crippen LogP contribution in [0.5, 0.6) is 17.2 Å². The smallest absolute Gasteiger partial charge is 0.493 e. The minimum atomic E-state index is -1.57. The lowest BCUT2D eigenvalue weighted by atomic mass is 9.72. The molecule has 1 aliphatic heterocycles. The number of esters is 3. The number of nitrogens with one attached hydrogen (secondary N) is 1. The maximum Gasteiger partial charge on any atom is 0.508 e. The Balaban J connectivity index is 2.31. The van der Waals surface area contributed by atoms with Crippen LogP contribution in [0.1, 0.15) is 32.3 Å². The van der Waals surface area contributed by atoms with E-state index in [9.17, 15) is 24.0 Å². The SMILES string of the molecule is COC(=O)N[C@H]1[C@H](OC(=O)OC)[C@H](OC(C)=O)[C@@H](OC(C)=O)[C@H](OC(C)=O)[C@@H]1c1cc(OC)c2c(c1)OCO2. The molecule has 0 saturated heterocycles. The Bertz CT molecular complexity index is 1120. The molecule has 15 nitrogen and oxygen atoms in total. The number of fused-ring (bicyclic) bond motifs is 1. The van der Waals surface area contributed by atoms with Crippen molar-refractivity contribution in [2.75, 3.05) is 28.1 Å². The number of benzene rings is 1. The van der Waals surface area contributed by atoms with Gasteiger partial charge in [0, 0.05) is 26.7 Å². The van der Waals surface area contributed by atoms with Crippen molar-refractivity contribution in [2.24, 2.45) is 0 Å². The van der Waals surface area contributed by atoms with E-state index in [4.69, 9.17) is 37.9 Å². The van der Waals surface area contributed by atoms with E-state index >= 15 is 0 Å². The minimum Gasteiger partial charge on any atom is -0.493 e. The quantitative estimate of drug-likeness (QED) is 0.374. The summed E-state index contributed by atoms with van der Waals surface area (Å²) in [6.45, 7) is 3.17. The van der Waals surface area contributed by atoms with Crippen molar-refractivity contribution >= 4 is 30.2 Å². The molecule has 1 N–H and O–H groups in total. The second-order valence-electron chi connectivity index (χ2n) is 8.40. The normalized spacial score (nSPS) is 25.0. The van der Waals surface area contributed by atoms with E-state index in [1.165, 1.54) is 19.2 Å². The third-order valence-electron chi connectivity index (χ3n) is 5.91. The zero-order valence-corrected chi connectivity index (χ0v) is 22.0. The molecule has 0 aromatic heterocycles. The Labute approximate surface area is 222 Å². The van der Waals surface area contributed by atoms with E-state index in [1.807, 2.05) is 0 Å². The van der Waals surface area contributed by atoms with E-state index in [2.05, 4.69) is 10.1 Å². The summed E-state index contributed by atoms with van der Waals surface area (Å²) in [5.74, 6) is -2.81. The van der Waals surface area contributed by atoms with Gasteiger partial charge in [-0.05, 0) is 17.7 Å². The highest BCUT2D eigenvalue weighted by atomic mass is 16.7. The molecule has 1 heterocycles. The van der Waals surface area contributed by atoms with Gasteiger partial charge in [-0.3, -0.25) is 14.4 Å². The van der Waals surface area contributed by atoms with Crippen molar-refractivity contribution < 1.29 is 66.6 Å². The van der Waals surface area contributed by atoms with Crippen LogP contribution in [-0.2, 0) is 42.8 Å². The molecule has 6 atom stereocenters. The van der Waals surface area contributed by atoms with E-state index in [0.29, 0.717) is 11.3 Å². The predicted molar refractivity (Wildman–Crippen MR) is 125 cm³/mol. The van der Waals surface area contributed by atoms with Crippen molar-refractivity contribution in [3.05, 3.63) is 17.7 Å². The monoisotopic (exact) mass is 555 g/mol. The van der Waals surface area contributed by atoms with Crippen LogP contribution in [0.3, 0.4) is 0 Å². The zero-order chi connectivity index (χ0) is 28.9. The Morgan fingerprint density at radius 2 is 1.36 bits per heavy atom. The van der Waals surface area contributed by atoms with Gasteiger partial charge in [0.05, 0.1) is 27.4 Å². The number of rotatable bonds is 7. The van der Waals surface area contributed by atoms with Crippen LogP contribution in [0.25, 0.3) is 0 Å². The molecule has 1 aromatic rings. The van der Waals surface area contributed by atoms with Gasteiger partial charge in [-0.25, -0.2) is 9.59 Å². The molecule has 1 amide bonds. The summed E-state index contributed by atoms with van der Waals surface area (Å²) < 4.78 is 47.8. The summed E-state index contributed by atoms with van der Waals surface area (Å²) in [6, 6.07) is 1.74. The molecule has 0 spiro atoms. The number of amides is 1. The van der Waals surface area contributed by atoms with Crippen LogP contribution in [-0.4, -0.2) is 88.7 Å². The molecule has 1 aliphatic carbocycles. The molecule has 0 bridgehead atoms. The number of carbonyl (C=O) groups excluding carboxylic acids is 5. The molecule has 39 heavy (non-hydrogen) atoms. The van der Waals surface area contributed by atoms with Crippen LogP contribution in [0, 0.1) is 0 Å². The second-order valence-corrected chi connectivity index (χ2v) is 8.40. The predicted octanol–water partition coefficient (Wildman–Crippen LogP) is 1.19. The number of alkyl carbamates (subject to hydrolysis) is 1. The Hall–Kier alpha value is -4.43. The van der Waals surface area contributed by atoms with Crippen LogP contribution >= 0.6 is 0 Å². The Kier molecular flexibility index (Phi) is 9.27. The first-order valence-electron chi connectivity index (χ1n) is 11.6. The van der Waals surface area contributed by atoms with E-state index < -0.39 is 66.5 Å². The number of hydrogen-bond donors (Lipinski definition) is 1. The van der Waals surface area contributed by atoms with Gasteiger partial charge in [-0.15, -0.1) is 0 Å². The van der Waals surface area contributed by atoms with Crippen LogP contribution < -0.4 is 19.5 Å². The number of carbonyl (C=O) groups is 5. The lowest BCUT2D eigenvalue weighted by molar-refractivity contribution is -0.212. The second kappa shape index (κ2) is 12.4. The largest absolute Gasteiger partial charge is 0.508 e. The maximum atomic E-state index is 12.5. The van der Waals surface area contributed by atoms with Gasteiger partial charge in [0.1, 0.15) is 0 Å². The summed E-state index contributed by atoms with van der Waals surface area (Å²) in [4.78, 5) is 61.4. The fourth-order valence-electron chi connectivity index (χ4n) is 4.58. The fraction of sp³-hybridized carbons (Fsp3) is 0.542. The molecule has 0 unspecified atom stereocenters. The third kappa shape index (κ3) is 6.53. The van der Waals surface area contributed by atoms with E-state index in [0.717, 1.165) is 35.0 Å². The zero-order valence-electron chi connectivity index (χ0n) is 22.0. The summed E-state index contributed by atoms with van der Waals surface area (Å²) in [7, 11) is 3.53. The molecule has 3 rings (SSSR count). The van der Waals surface area contributed by atoms with Crippen LogP contribution in [0.15, 0.2) is 12.1 Å². The lowest BCUT2D eigenvalue weighted by Gasteiger charge is -2.48. The summed E-state index contributed by atoms with van der Waals surface area (Å²) in [5, 5.41) is 2.55. The summed E-state index contributed by atoms with van der Waals surface area (Å²) >= 11 is 0. The molecule has 2 aliphatic rings. The van der Waals surface area contributed by atoms with Crippen molar-refractivity contribution in [3.63, 3.8) is 0 Å². The lowest BCUT2D eigenvalue weighted by Crippen LogP contribution is -2.68. The third-order valence-corrected chi connectivity index (χ3v) is 5.91. The minimum absolute atomic E-state index is 0.101. The average molecular weight is 555 g/mol. The van der Waals surface area contributed by atoms with Crippen LogP contribution in [0.2, 0.25) is 0 Å². The first kappa shape index (κ1) is 29.1. The van der Waals surface area contributed by atoms with Crippen molar-refractivity contribution in [2.45, 2.75) is 57.1 Å². The first-order valence-corrected chi connectivity index (χ1v) is 11.6. The summed E-state index contributed by atoms with van der Waals surface area (Å²) in [6.07, 6.45) is -8.20. The number of methoxy groups -OCH3 is 3. The molecule has 1 saturated carbocycles. The van der Waals surface area contributed by atoms with Gasteiger partial charge in [0.15, 0.2) is 35.9 Å². The number of hydrogen-bond acceptors (Lipinski definition) is 14. The molecule has 1 fully saturated rings. The highest BCUT2D eigenvalue weighted by Gasteiger charge is 2.59. The van der Waals surface area contributed by atoms with Gasteiger partial charge in [-0.2, -0.15) is 0 Å². The average Bonchev–Trinajstić information content (AvgIpc) is 3.35. The van der Waals surface area contributed by atoms with Gasteiger partial charge in [-0.1, -0.05) is 0 Å². The van der Waals surface area contributed by atoms with Crippen LogP contribution in [0.4, 0.5) is 9.59 Å². The van der Waals surface area contributed by atoms with E-state index in [1.54, 1.807) is 0 Å². The highest BCUT2D eigenvalue weighted by molar-refractivity contribution is 5.71. The standard InChI is InChI=1S/C24H29NO14/c1-10(26)36-19-16(13-7-14(31-4)18-15(8-13)34-9-35-18)17(25-23(29)32-5)20(39-24(30)33-6)22(38-12(3)28)21(19)37-11(2)27/h7-8,16-17,19-22H,9H2,1-6H3,(H,25,29)/t16-,17-,19-,20+,21+,22+/m1/s1. The van der Waals surface area contributed by atoms with Crippen molar-refractivity contribution in [3.8, 4) is 17.2 Å². The number of ether oxygens (including phenoxy) is 9. The van der Waals surface area contributed by atoms with Gasteiger partial charge in [0.25, 0.3) is 0 Å². The maximum absolute atomic E-state index is 12.5. The van der Waals surface area contributed by atoms with E-state index in [-0.39, 0.29) is 18.3 Å². The summed E-state index contributed by atoms with van der Waals surface area (Å²) in [5.41, 5.74) is 0.320. The highest BCUT2D eigenvalue weighted by Crippen LogP contribution is 2.47. The first-order chi connectivity index (χ1) is 18.5. The topological polar surface area (TPSA) is 180 Å².